The molecule has 0 bridgehead atoms. The number of amides is 4. The molecule has 4 amide bonds. The number of nitrogens with one attached hydrogen (secondary N) is 1. The summed E-state index contributed by atoms with van der Waals surface area (Å²) in [5, 5.41) is 4.60. The minimum Gasteiger partial charge on any atom is -0.332 e. The summed E-state index contributed by atoms with van der Waals surface area (Å²) in [5.41, 5.74) is -0.591. The monoisotopic (exact) mass is 399 g/mol. The summed E-state index contributed by atoms with van der Waals surface area (Å²) in [7, 11) is 0. The summed E-state index contributed by atoms with van der Waals surface area (Å²) in [4.78, 5) is 42.0. The third-order valence-electron chi connectivity index (χ3n) is 4.88. The molecule has 1 unspecified atom stereocenters. The number of nitrogens with zero attached hydrogens (tertiary/aromatic N) is 2. The lowest BCUT2D eigenvalue weighted by Gasteiger charge is -2.36. The quantitative estimate of drug-likeness (QED) is 0.784. The smallest absolute Gasteiger partial charge is 0.325 e. The van der Waals surface area contributed by atoms with Crippen molar-refractivity contribution in [1.29, 1.82) is 0 Å². The number of imide groups is 1. The van der Waals surface area contributed by atoms with Crippen LogP contribution in [0.1, 0.15) is 38.1 Å². The minimum atomic E-state index is -1.13. The summed E-state index contributed by atoms with van der Waals surface area (Å²) >= 11 is 1.40. The molecule has 1 aliphatic rings. The van der Waals surface area contributed by atoms with E-state index in [-0.39, 0.29) is 12.5 Å². The molecule has 0 aliphatic carbocycles. The molecule has 1 aromatic heterocycles. The van der Waals surface area contributed by atoms with Crippen LogP contribution in [0.4, 0.5) is 4.79 Å². The van der Waals surface area contributed by atoms with Crippen molar-refractivity contribution in [2.75, 3.05) is 6.54 Å². The predicted molar refractivity (Wildman–Crippen MR) is 109 cm³/mol. The van der Waals surface area contributed by atoms with E-state index in [1.165, 1.54) is 11.3 Å². The number of urea groups is 1. The molecule has 1 fully saturated rings. The van der Waals surface area contributed by atoms with Gasteiger partial charge in [-0.15, -0.1) is 11.3 Å². The van der Waals surface area contributed by atoms with Crippen LogP contribution in [0.3, 0.4) is 0 Å². The third-order valence-corrected chi connectivity index (χ3v) is 5.97. The molecule has 0 saturated carbocycles. The van der Waals surface area contributed by atoms with Gasteiger partial charge in [0.25, 0.3) is 5.91 Å². The van der Waals surface area contributed by atoms with Crippen LogP contribution in [0.25, 0.3) is 0 Å². The van der Waals surface area contributed by atoms with Crippen molar-refractivity contribution in [3.63, 3.8) is 0 Å². The average molecular weight is 400 g/mol. The predicted octanol–water partition coefficient (Wildman–Crippen LogP) is 3.34. The molecule has 1 aliphatic heterocycles. The Balaban J connectivity index is 1.80. The second kappa shape index (κ2) is 7.39. The fourth-order valence-corrected chi connectivity index (χ4v) is 4.09. The van der Waals surface area contributed by atoms with Crippen molar-refractivity contribution < 1.29 is 14.4 Å². The van der Waals surface area contributed by atoms with Gasteiger partial charge in [0.15, 0.2) is 5.54 Å². The van der Waals surface area contributed by atoms with E-state index in [4.69, 9.17) is 0 Å². The molecular formula is C21H25N3O3S. The van der Waals surface area contributed by atoms with Gasteiger partial charge in [0, 0.05) is 17.0 Å². The maximum Gasteiger partial charge on any atom is 0.325 e. The van der Waals surface area contributed by atoms with E-state index in [2.05, 4.69) is 5.32 Å². The zero-order valence-electron chi connectivity index (χ0n) is 16.6. The Kier molecular flexibility index (Phi) is 5.30. The normalized spacial score (nSPS) is 19.6. The van der Waals surface area contributed by atoms with Gasteiger partial charge in [-0.25, -0.2) is 4.79 Å². The number of benzene rings is 1. The van der Waals surface area contributed by atoms with Crippen LogP contribution in [0.15, 0.2) is 47.8 Å². The molecule has 6 nitrogen and oxygen atoms in total. The Morgan fingerprint density at radius 3 is 2.39 bits per heavy atom. The van der Waals surface area contributed by atoms with Gasteiger partial charge in [-0.1, -0.05) is 36.4 Å². The Morgan fingerprint density at radius 1 is 1.14 bits per heavy atom. The lowest BCUT2D eigenvalue weighted by Crippen LogP contribution is -2.50. The number of rotatable bonds is 5. The molecule has 1 N–H and O–H groups in total. The van der Waals surface area contributed by atoms with Gasteiger partial charge < -0.3 is 10.2 Å². The molecule has 2 heterocycles. The topological polar surface area (TPSA) is 69.7 Å². The van der Waals surface area contributed by atoms with Gasteiger partial charge in [0.05, 0.1) is 0 Å². The number of thiophene rings is 1. The molecule has 28 heavy (non-hydrogen) atoms. The second-order valence-electron chi connectivity index (χ2n) is 8.06. The van der Waals surface area contributed by atoms with Crippen LogP contribution in [-0.2, 0) is 21.7 Å². The number of hydrogen-bond donors (Lipinski definition) is 1. The molecule has 2 aromatic rings. The van der Waals surface area contributed by atoms with Crippen LogP contribution in [0.2, 0.25) is 0 Å². The summed E-state index contributed by atoms with van der Waals surface area (Å²) in [6.45, 7) is 7.63. The number of hydrogen-bond acceptors (Lipinski definition) is 4. The molecule has 0 spiro atoms. The standard InChI is InChI=1S/C21H25N3O3S/c1-20(2,3)24(13-15-9-6-5-7-10-15)17(25)14-23-18(26)21(4,22-19(23)27)16-11-8-12-28-16/h5-12H,13-14H2,1-4H3,(H,22,27). The second-order valence-corrected chi connectivity index (χ2v) is 9.01. The first kappa shape index (κ1) is 20.1. The Bertz CT molecular complexity index is 874. The molecule has 0 radical (unpaired) electrons. The van der Waals surface area contributed by atoms with Crippen LogP contribution in [-0.4, -0.2) is 39.7 Å². The van der Waals surface area contributed by atoms with Crippen LogP contribution in [0, 0.1) is 0 Å². The summed E-state index contributed by atoms with van der Waals surface area (Å²) < 4.78 is 0. The van der Waals surface area contributed by atoms with E-state index in [1.807, 2.05) is 68.6 Å². The van der Waals surface area contributed by atoms with Crippen molar-refractivity contribution in [2.45, 2.75) is 45.3 Å². The first-order valence-electron chi connectivity index (χ1n) is 9.15. The van der Waals surface area contributed by atoms with Gasteiger partial charge in [-0.05, 0) is 44.7 Å². The molecule has 3 rings (SSSR count). The van der Waals surface area contributed by atoms with Crippen LogP contribution in [0.5, 0.6) is 0 Å². The highest BCUT2D eigenvalue weighted by Gasteiger charge is 2.50. The Labute approximate surface area is 169 Å². The fraction of sp³-hybridized carbons (Fsp3) is 0.381. The van der Waals surface area contributed by atoms with E-state index < -0.39 is 23.0 Å². The van der Waals surface area contributed by atoms with E-state index in [0.29, 0.717) is 6.54 Å². The lowest BCUT2D eigenvalue weighted by molar-refractivity contribution is -0.142. The molecule has 7 heteroatoms. The molecule has 1 atom stereocenters. The van der Waals surface area contributed by atoms with Gasteiger partial charge in [-0.3, -0.25) is 14.5 Å². The largest absolute Gasteiger partial charge is 0.332 e. The van der Waals surface area contributed by atoms with Crippen molar-refractivity contribution in [1.82, 2.24) is 15.1 Å². The SMILES string of the molecule is CC1(c2cccs2)NC(=O)N(CC(=O)N(Cc2ccccc2)C(C)(C)C)C1=O. The van der Waals surface area contributed by atoms with Gasteiger partial charge in [0.1, 0.15) is 6.54 Å². The van der Waals surface area contributed by atoms with Crippen molar-refractivity contribution in [3.8, 4) is 0 Å². The third kappa shape index (κ3) is 3.80. The van der Waals surface area contributed by atoms with E-state index in [0.717, 1.165) is 15.3 Å². The molecule has 1 aromatic carbocycles. The van der Waals surface area contributed by atoms with Gasteiger partial charge in [-0.2, -0.15) is 0 Å². The van der Waals surface area contributed by atoms with Crippen molar-refractivity contribution in [2.24, 2.45) is 0 Å². The summed E-state index contributed by atoms with van der Waals surface area (Å²) in [5.74, 6) is -0.669. The maximum absolute atomic E-state index is 13.1. The highest BCUT2D eigenvalue weighted by atomic mass is 32.1. The summed E-state index contributed by atoms with van der Waals surface area (Å²) in [6.07, 6.45) is 0. The van der Waals surface area contributed by atoms with Crippen molar-refractivity contribution in [3.05, 3.63) is 58.3 Å². The lowest BCUT2D eigenvalue weighted by atomic mass is 10.0. The Hall–Kier alpha value is -2.67. The minimum absolute atomic E-state index is 0.268. The van der Waals surface area contributed by atoms with E-state index in [1.54, 1.807) is 11.8 Å². The zero-order chi connectivity index (χ0) is 20.5. The highest BCUT2D eigenvalue weighted by molar-refractivity contribution is 7.10. The number of carbonyl (C=O) groups excluding carboxylic acids is 3. The van der Waals surface area contributed by atoms with E-state index >= 15 is 0 Å². The molecule has 1 saturated heterocycles. The zero-order valence-corrected chi connectivity index (χ0v) is 17.4. The first-order chi connectivity index (χ1) is 13.1. The maximum atomic E-state index is 13.1. The molecular weight excluding hydrogens is 374 g/mol. The van der Waals surface area contributed by atoms with Crippen molar-refractivity contribution >= 4 is 29.2 Å². The Morgan fingerprint density at radius 2 is 1.82 bits per heavy atom. The van der Waals surface area contributed by atoms with Gasteiger partial charge in [0.2, 0.25) is 5.91 Å². The fourth-order valence-electron chi connectivity index (χ4n) is 3.26. The van der Waals surface area contributed by atoms with Crippen LogP contribution < -0.4 is 5.32 Å². The van der Waals surface area contributed by atoms with E-state index in [9.17, 15) is 14.4 Å². The number of carbonyl (C=O) groups is 3. The van der Waals surface area contributed by atoms with Crippen LogP contribution >= 0.6 is 11.3 Å². The highest BCUT2D eigenvalue weighted by Crippen LogP contribution is 2.32. The summed E-state index contributed by atoms with van der Waals surface area (Å²) in [6, 6.07) is 12.8. The van der Waals surface area contributed by atoms with Gasteiger partial charge >= 0.3 is 6.03 Å². The molecule has 148 valence electrons. The average Bonchev–Trinajstić information content (AvgIpc) is 3.24. The first-order valence-corrected chi connectivity index (χ1v) is 10.0.